The average molecular weight is 491 g/mol. The molecule has 0 spiro atoms. The summed E-state index contributed by atoms with van der Waals surface area (Å²) in [6.07, 6.45) is 1.76. The number of nitrogens with zero attached hydrogens (tertiary/aromatic N) is 6. The molecule has 0 saturated carbocycles. The smallest absolute Gasteiger partial charge is 0.387 e. The molecule has 4 aromatic rings. The first kappa shape index (κ1) is 23.4. The molecular formula is C26H24F2N6O2. The van der Waals surface area contributed by atoms with Gasteiger partial charge < -0.3 is 14.5 Å². The maximum absolute atomic E-state index is 13.2. The molecule has 2 aromatic heterocycles. The quantitative estimate of drug-likeness (QED) is 0.390. The second kappa shape index (κ2) is 10.5. The molecule has 0 aliphatic carbocycles. The van der Waals surface area contributed by atoms with Crippen LogP contribution in [0.4, 0.5) is 14.6 Å². The predicted octanol–water partition coefficient (Wildman–Crippen LogP) is 3.96. The van der Waals surface area contributed by atoms with Gasteiger partial charge in [-0.25, -0.2) is 14.6 Å². The lowest BCUT2D eigenvalue weighted by atomic mass is 10.2. The Kier molecular flexibility index (Phi) is 6.83. The van der Waals surface area contributed by atoms with Gasteiger partial charge in [0.25, 0.3) is 0 Å². The van der Waals surface area contributed by atoms with Crippen molar-refractivity contribution in [2.24, 2.45) is 0 Å². The third-order valence-electron chi connectivity index (χ3n) is 5.93. The molecule has 0 unspecified atom stereocenters. The second-order valence-corrected chi connectivity index (χ2v) is 8.24. The van der Waals surface area contributed by atoms with Crippen LogP contribution in [0.2, 0.25) is 0 Å². The summed E-state index contributed by atoms with van der Waals surface area (Å²) in [4.78, 5) is 26.2. The van der Waals surface area contributed by atoms with Crippen LogP contribution >= 0.6 is 0 Å². The van der Waals surface area contributed by atoms with Gasteiger partial charge in [-0.1, -0.05) is 36.4 Å². The van der Waals surface area contributed by atoms with Gasteiger partial charge in [-0.3, -0.25) is 4.79 Å². The fourth-order valence-corrected chi connectivity index (χ4v) is 4.11. The molecule has 1 aliphatic rings. The number of alkyl halides is 2. The van der Waals surface area contributed by atoms with Crippen molar-refractivity contribution >= 4 is 11.7 Å². The Morgan fingerprint density at radius 1 is 0.889 bits per heavy atom. The van der Waals surface area contributed by atoms with Gasteiger partial charge in [0.1, 0.15) is 18.1 Å². The van der Waals surface area contributed by atoms with Crippen LogP contribution in [-0.4, -0.2) is 63.3 Å². The van der Waals surface area contributed by atoms with Gasteiger partial charge in [-0.2, -0.15) is 8.78 Å². The summed E-state index contributed by atoms with van der Waals surface area (Å²) < 4.78 is 31.0. The van der Waals surface area contributed by atoms with Gasteiger partial charge in [-0.05, 0) is 36.4 Å². The average Bonchev–Trinajstić information content (AvgIpc) is 3.33. The summed E-state index contributed by atoms with van der Waals surface area (Å²) in [7, 11) is 0. The lowest BCUT2D eigenvalue weighted by Gasteiger charge is -2.35. The van der Waals surface area contributed by atoms with Crippen molar-refractivity contribution in [2.75, 3.05) is 31.1 Å². The third kappa shape index (κ3) is 5.32. The van der Waals surface area contributed by atoms with E-state index in [9.17, 15) is 13.6 Å². The molecule has 1 aliphatic heterocycles. The molecule has 36 heavy (non-hydrogen) atoms. The molecule has 0 N–H and O–H groups in total. The highest BCUT2D eigenvalue weighted by atomic mass is 19.3. The van der Waals surface area contributed by atoms with Crippen molar-refractivity contribution in [3.05, 3.63) is 79.0 Å². The van der Waals surface area contributed by atoms with Crippen molar-refractivity contribution in [2.45, 2.75) is 13.2 Å². The summed E-state index contributed by atoms with van der Waals surface area (Å²) in [6, 6.07) is 21.4. The monoisotopic (exact) mass is 490 g/mol. The zero-order valence-electron chi connectivity index (χ0n) is 19.4. The first-order valence-electron chi connectivity index (χ1n) is 11.6. The van der Waals surface area contributed by atoms with Gasteiger partial charge in [-0.15, -0.1) is 5.10 Å². The van der Waals surface area contributed by atoms with Crippen LogP contribution in [0.25, 0.3) is 22.8 Å². The number of hydrogen-bond acceptors (Lipinski definition) is 6. The topological polar surface area (TPSA) is 76.4 Å². The molecule has 1 amide bonds. The Labute approximate surface area is 206 Å². The van der Waals surface area contributed by atoms with E-state index in [1.54, 1.807) is 23.0 Å². The minimum absolute atomic E-state index is 0.0351. The van der Waals surface area contributed by atoms with Crippen LogP contribution in [0.5, 0.6) is 5.75 Å². The van der Waals surface area contributed by atoms with E-state index in [4.69, 9.17) is 0 Å². The van der Waals surface area contributed by atoms with E-state index in [0.29, 0.717) is 43.4 Å². The molecule has 0 atom stereocenters. The Bertz CT molecular complexity index is 1290. The number of piperazine rings is 1. The standard InChI is InChI=1S/C26H24F2N6O2/c27-26(28)36-21-11-9-19(10-12-21)24-30-25(20-6-2-1-3-7-20)34(31-24)18-23(35)33-16-14-32(15-17-33)22-8-4-5-13-29-22/h1-13,26H,14-18H2. The Morgan fingerprint density at radius 3 is 2.28 bits per heavy atom. The minimum Gasteiger partial charge on any atom is -0.435 e. The first-order chi connectivity index (χ1) is 17.6. The fourth-order valence-electron chi connectivity index (χ4n) is 4.11. The number of hydrogen-bond donors (Lipinski definition) is 0. The zero-order valence-corrected chi connectivity index (χ0v) is 19.4. The van der Waals surface area contributed by atoms with E-state index in [-0.39, 0.29) is 18.2 Å². The third-order valence-corrected chi connectivity index (χ3v) is 5.93. The Morgan fingerprint density at radius 2 is 1.61 bits per heavy atom. The molecule has 1 fully saturated rings. The van der Waals surface area contributed by atoms with Gasteiger partial charge in [0.2, 0.25) is 5.91 Å². The van der Waals surface area contributed by atoms with Gasteiger partial charge >= 0.3 is 6.61 Å². The molecular weight excluding hydrogens is 466 g/mol. The normalized spacial score (nSPS) is 13.8. The first-order valence-corrected chi connectivity index (χ1v) is 11.6. The summed E-state index contributed by atoms with van der Waals surface area (Å²) in [6.45, 7) is -0.289. The van der Waals surface area contributed by atoms with Crippen LogP contribution in [-0.2, 0) is 11.3 Å². The molecule has 8 nitrogen and oxygen atoms in total. The molecule has 1 saturated heterocycles. The van der Waals surface area contributed by atoms with E-state index < -0.39 is 6.61 Å². The zero-order chi connectivity index (χ0) is 24.9. The van der Waals surface area contributed by atoms with E-state index in [1.165, 1.54) is 12.1 Å². The van der Waals surface area contributed by atoms with Crippen LogP contribution in [0, 0.1) is 0 Å². The maximum Gasteiger partial charge on any atom is 0.387 e. The van der Waals surface area contributed by atoms with Gasteiger partial charge in [0, 0.05) is 43.5 Å². The lowest BCUT2D eigenvalue weighted by molar-refractivity contribution is -0.132. The number of pyridine rings is 1. The summed E-state index contributed by atoms with van der Waals surface area (Å²) in [5, 5.41) is 4.59. The highest BCUT2D eigenvalue weighted by molar-refractivity contribution is 5.77. The van der Waals surface area contributed by atoms with Crippen molar-refractivity contribution < 1.29 is 18.3 Å². The lowest BCUT2D eigenvalue weighted by Crippen LogP contribution is -2.49. The number of rotatable bonds is 7. The number of ether oxygens (including phenoxy) is 1. The minimum atomic E-state index is -2.89. The molecule has 3 heterocycles. The molecule has 2 aromatic carbocycles. The number of carbonyl (C=O) groups excluding carboxylic acids is 1. The Hall–Kier alpha value is -4.34. The Balaban J connectivity index is 1.34. The fraction of sp³-hybridized carbons (Fsp3) is 0.231. The SMILES string of the molecule is O=C(Cn1nc(-c2ccc(OC(F)F)cc2)nc1-c1ccccc1)N1CCN(c2ccccn2)CC1. The predicted molar refractivity (Wildman–Crippen MR) is 131 cm³/mol. The molecule has 0 bridgehead atoms. The maximum atomic E-state index is 13.2. The van der Waals surface area contributed by atoms with Crippen molar-refractivity contribution in [1.29, 1.82) is 0 Å². The summed E-state index contributed by atoms with van der Waals surface area (Å²) in [5.41, 5.74) is 1.45. The highest BCUT2D eigenvalue weighted by Gasteiger charge is 2.24. The van der Waals surface area contributed by atoms with E-state index in [1.807, 2.05) is 53.4 Å². The second-order valence-electron chi connectivity index (χ2n) is 8.24. The molecule has 10 heteroatoms. The van der Waals surface area contributed by atoms with E-state index >= 15 is 0 Å². The number of amides is 1. The van der Waals surface area contributed by atoms with Crippen LogP contribution in [0.15, 0.2) is 79.0 Å². The number of anilines is 1. The number of benzene rings is 2. The molecule has 184 valence electrons. The number of carbonyl (C=O) groups is 1. The summed E-state index contributed by atoms with van der Waals surface area (Å²) >= 11 is 0. The van der Waals surface area contributed by atoms with E-state index in [2.05, 4.69) is 24.7 Å². The number of aromatic nitrogens is 4. The van der Waals surface area contributed by atoms with Gasteiger partial charge in [0.15, 0.2) is 11.6 Å². The van der Waals surface area contributed by atoms with Crippen molar-refractivity contribution in [3.8, 4) is 28.5 Å². The van der Waals surface area contributed by atoms with Crippen LogP contribution < -0.4 is 9.64 Å². The molecule has 5 rings (SSSR count). The van der Waals surface area contributed by atoms with Crippen LogP contribution in [0.3, 0.4) is 0 Å². The van der Waals surface area contributed by atoms with Crippen molar-refractivity contribution in [1.82, 2.24) is 24.6 Å². The number of halogens is 2. The molecule has 0 radical (unpaired) electrons. The van der Waals surface area contributed by atoms with Crippen molar-refractivity contribution in [3.63, 3.8) is 0 Å². The highest BCUT2D eigenvalue weighted by Crippen LogP contribution is 2.25. The largest absolute Gasteiger partial charge is 0.435 e. The summed E-state index contributed by atoms with van der Waals surface area (Å²) in [5.74, 6) is 1.85. The van der Waals surface area contributed by atoms with E-state index in [0.717, 1.165) is 11.4 Å². The van der Waals surface area contributed by atoms with Gasteiger partial charge in [0.05, 0.1) is 0 Å². The van der Waals surface area contributed by atoms with Crippen LogP contribution in [0.1, 0.15) is 0 Å².